The van der Waals surface area contributed by atoms with Crippen LogP contribution in [0.15, 0.2) is 12.1 Å². The van der Waals surface area contributed by atoms with Crippen molar-refractivity contribution in [1.29, 1.82) is 0 Å². The van der Waals surface area contributed by atoms with E-state index in [9.17, 15) is 14.7 Å². The average molecular weight is 481 g/mol. The third-order valence-electron chi connectivity index (χ3n) is 6.83. The smallest absolute Gasteiger partial charge is 0.224 e. The standard InChI is InChI=1S/C25H37ClN2O5/c1-18-13-21(14-19(2)24(18)26)33-17-25(15-23(31)27-10-5-20(29)6-11-27)8-4-9-28(16-25)22(30)7-12-32-3/h13-14,20,29H,4-12,15-17H2,1-3H3/t25-/m1/s1. The van der Waals surface area contributed by atoms with Gasteiger partial charge in [-0.15, -0.1) is 0 Å². The van der Waals surface area contributed by atoms with Crippen molar-refractivity contribution in [1.82, 2.24) is 9.80 Å². The van der Waals surface area contributed by atoms with Gasteiger partial charge in [-0.3, -0.25) is 9.59 Å². The van der Waals surface area contributed by atoms with E-state index in [4.69, 9.17) is 21.1 Å². The number of halogens is 1. The van der Waals surface area contributed by atoms with Gasteiger partial charge in [-0.25, -0.2) is 0 Å². The number of hydrogen-bond acceptors (Lipinski definition) is 5. The highest BCUT2D eigenvalue weighted by atomic mass is 35.5. The summed E-state index contributed by atoms with van der Waals surface area (Å²) in [7, 11) is 1.59. The summed E-state index contributed by atoms with van der Waals surface area (Å²) >= 11 is 6.31. The average Bonchev–Trinajstić information content (AvgIpc) is 2.80. The first-order valence-electron chi connectivity index (χ1n) is 11.8. The van der Waals surface area contributed by atoms with Gasteiger partial charge in [-0.05, 0) is 62.8 Å². The number of piperidine rings is 2. The number of aliphatic hydroxyl groups excluding tert-OH is 1. The van der Waals surface area contributed by atoms with Crippen molar-refractivity contribution >= 4 is 23.4 Å². The SMILES string of the molecule is COCCC(=O)N1CCC[C@@](COc2cc(C)c(Cl)c(C)c2)(CC(=O)N2CCC(O)CC2)C1. The Hall–Kier alpha value is -1.83. The minimum Gasteiger partial charge on any atom is -0.493 e. The zero-order valence-electron chi connectivity index (χ0n) is 20.1. The third kappa shape index (κ3) is 6.84. The molecule has 2 saturated heterocycles. The first-order chi connectivity index (χ1) is 15.7. The van der Waals surface area contributed by atoms with Gasteiger partial charge in [0, 0.05) is 50.1 Å². The fraction of sp³-hybridized carbons (Fsp3) is 0.680. The zero-order valence-corrected chi connectivity index (χ0v) is 20.8. The lowest BCUT2D eigenvalue weighted by molar-refractivity contribution is -0.143. The summed E-state index contributed by atoms with van der Waals surface area (Å²) in [4.78, 5) is 29.7. The maximum absolute atomic E-state index is 13.2. The Morgan fingerprint density at radius 2 is 1.79 bits per heavy atom. The maximum Gasteiger partial charge on any atom is 0.224 e. The summed E-state index contributed by atoms with van der Waals surface area (Å²) in [5.74, 6) is 0.845. The predicted molar refractivity (Wildman–Crippen MR) is 128 cm³/mol. The molecule has 0 aliphatic carbocycles. The van der Waals surface area contributed by atoms with Gasteiger partial charge >= 0.3 is 0 Å². The quantitative estimate of drug-likeness (QED) is 0.617. The number of carbonyl (C=O) groups is 2. The van der Waals surface area contributed by atoms with Crippen molar-refractivity contribution in [3.05, 3.63) is 28.3 Å². The molecule has 0 spiro atoms. The van der Waals surface area contributed by atoms with E-state index in [1.54, 1.807) is 7.11 Å². The summed E-state index contributed by atoms with van der Waals surface area (Å²) < 4.78 is 11.3. The summed E-state index contributed by atoms with van der Waals surface area (Å²) in [5.41, 5.74) is 1.43. The molecule has 1 N–H and O–H groups in total. The topological polar surface area (TPSA) is 79.3 Å². The van der Waals surface area contributed by atoms with Crippen LogP contribution in [0.3, 0.4) is 0 Å². The van der Waals surface area contributed by atoms with Gasteiger partial charge in [0.1, 0.15) is 5.75 Å². The van der Waals surface area contributed by atoms with Crippen LogP contribution in [0.2, 0.25) is 5.02 Å². The molecule has 2 fully saturated rings. The fourth-order valence-corrected chi connectivity index (χ4v) is 4.96. The van der Waals surface area contributed by atoms with Gasteiger partial charge in [0.05, 0.1) is 25.7 Å². The molecule has 1 aromatic rings. The van der Waals surface area contributed by atoms with E-state index in [2.05, 4.69) is 0 Å². The fourth-order valence-electron chi connectivity index (χ4n) is 4.86. The lowest BCUT2D eigenvalue weighted by Gasteiger charge is -2.43. The van der Waals surface area contributed by atoms with Crippen LogP contribution < -0.4 is 4.74 Å². The molecule has 2 amide bonds. The number of hydrogen-bond donors (Lipinski definition) is 1. The van der Waals surface area contributed by atoms with Gasteiger partial charge in [0.2, 0.25) is 11.8 Å². The molecule has 2 aliphatic heterocycles. The Bertz CT molecular complexity index is 817. The van der Waals surface area contributed by atoms with E-state index in [1.165, 1.54) is 0 Å². The zero-order chi connectivity index (χ0) is 24.0. The lowest BCUT2D eigenvalue weighted by Crippen LogP contribution is -2.51. The Morgan fingerprint density at radius 1 is 1.12 bits per heavy atom. The van der Waals surface area contributed by atoms with Crippen LogP contribution in [0, 0.1) is 19.3 Å². The summed E-state index contributed by atoms with van der Waals surface area (Å²) in [6, 6.07) is 3.84. The second kappa shape index (κ2) is 11.5. The molecule has 1 atom stereocenters. The van der Waals surface area contributed by atoms with Crippen LogP contribution in [0.25, 0.3) is 0 Å². The number of amides is 2. The largest absolute Gasteiger partial charge is 0.493 e. The van der Waals surface area contributed by atoms with E-state index in [0.717, 1.165) is 34.7 Å². The molecule has 7 nitrogen and oxygen atoms in total. The molecule has 2 aliphatic rings. The number of benzene rings is 1. The maximum atomic E-state index is 13.2. The first-order valence-corrected chi connectivity index (χ1v) is 12.2. The summed E-state index contributed by atoms with van der Waals surface area (Å²) in [5, 5.41) is 10.5. The minimum absolute atomic E-state index is 0.0488. The number of aryl methyl sites for hydroxylation is 2. The Morgan fingerprint density at radius 3 is 2.42 bits per heavy atom. The number of nitrogens with zero attached hydrogens (tertiary/aromatic N) is 2. The van der Waals surface area contributed by atoms with Crippen molar-refractivity contribution in [2.75, 3.05) is 46.5 Å². The first kappa shape index (κ1) is 25.8. The second-order valence-corrected chi connectivity index (χ2v) is 9.99. The van der Waals surface area contributed by atoms with Gasteiger partial charge < -0.3 is 24.4 Å². The lowest BCUT2D eigenvalue weighted by atomic mass is 9.77. The van der Waals surface area contributed by atoms with Crippen molar-refractivity contribution in [2.24, 2.45) is 5.41 Å². The third-order valence-corrected chi connectivity index (χ3v) is 7.43. The van der Waals surface area contributed by atoms with E-state index < -0.39 is 5.41 Å². The highest BCUT2D eigenvalue weighted by Gasteiger charge is 2.41. The molecule has 0 saturated carbocycles. The highest BCUT2D eigenvalue weighted by Crippen LogP contribution is 2.36. The Kier molecular flexibility index (Phi) is 9.02. The van der Waals surface area contributed by atoms with Gasteiger partial charge in [0.15, 0.2) is 0 Å². The molecular formula is C25H37ClN2O5. The minimum atomic E-state index is -0.463. The van der Waals surface area contributed by atoms with Crippen molar-refractivity contribution in [2.45, 2.75) is 58.5 Å². The van der Waals surface area contributed by atoms with E-state index >= 15 is 0 Å². The molecular weight excluding hydrogens is 444 g/mol. The van der Waals surface area contributed by atoms with E-state index in [1.807, 2.05) is 35.8 Å². The van der Waals surface area contributed by atoms with Gasteiger partial charge in [-0.2, -0.15) is 0 Å². The molecule has 184 valence electrons. The molecule has 0 bridgehead atoms. The number of aliphatic hydroxyl groups is 1. The Labute approximate surface area is 202 Å². The molecule has 0 unspecified atom stereocenters. The number of likely N-dealkylation sites (tertiary alicyclic amines) is 2. The monoisotopic (exact) mass is 480 g/mol. The molecule has 2 heterocycles. The Balaban J connectivity index is 1.76. The number of carbonyl (C=O) groups excluding carboxylic acids is 2. The molecule has 3 rings (SSSR count). The summed E-state index contributed by atoms with van der Waals surface area (Å²) in [6.07, 6.45) is 3.19. The van der Waals surface area contributed by atoms with Crippen molar-refractivity contribution in [3.63, 3.8) is 0 Å². The van der Waals surface area contributed by atoms with Crippen LogP contribution in [-0.2, 0) is 14.3 Å². The van der Waals surface area contributed by atoms with Crippen LogP contribution in [-0.4, -0.2) is 79.3 Å². The second-order valence-electron chi connectivity index (χ2n) is 9.61. The van der Waals surface area contributed by atoms with Crippen LogP contribution in [0.1, 0.15) is 49.7 Å². The van der Waals surface area contributed by atoms with E-state index in [0.29, 0.717) is 65.1 Å². The van der Waals surface area contributed by atoms with E-state index in [-0.39, 0.29) is 17.9 Å². The van der Waals surface area contributed by atoms with Crippen molar-refractivity contribution < 1.29 is 24.2 Å². The predicted octanol–water partition coefficient (Wildman–Crippen LogP) is 3.35. The van der Waals surface area contributed by atoms with Gasteiger partial charge in [-0.1, -0.05) is 11.6 Å². The molecule has 8 heteroatoms. The molecule has 1 aromatic carbocycles. The van der Waals surface area contributed by atoms with Crippen LogP contribution >= 0.6 is 11.6 Å². The molecule has 33 heavy (non-hydrogen) atoms. The number of methoxy groups -OCH3 is 1. The number of rotatable bonds is 8. The molecule has 0 aromatic heterocycles. The normalized spacial score (nSPS) is 21.8. The number of ether oxygens (including phenoxy) is 2. The molecule has 0 radical (unpaired) electrons. The van der Waals surface area contributed by atoms with Crippen LogP contribution in [0.4, 0.5) is 0 Å². The van der Waals surface area contributed by atoms with Gasteiger partial charge in [0.25, 0.3) is 0 Å². The summed E-state index contributed by atoms with van der Waals surface area (Å²) in [6.45, 7) is 6.95. The van der Waals surface area contributed by atoms with Crippen LogP contribution in [0.5, 0.6) is 5.75 Å². The highest BCUT2D eigenvalue weighted by molar-refractivity contribution is 6.32. The van der Waals surface area contributed by atoms with Crippen molar-refractivity contribution in [3.8, 4) is 5.75 Å².